The van der Waals surface area contributed by atoms with Crippen LogP contribution in [0.2, 0.25) is 0 Å². The van der Waals surface area contributed by atoms with E-state index in [9.17, 15) is 18.7 Å². The van der Waals surface area contributed by atoms with Crippen LogP contribution in [-0.2, 0) is 6.42 Å². The highest BCUT2D eigenvalue weighted by Crippen LogP contribution is 2.33. The second-order valence-electron chi connectivity index (χ2n) is 6.63. The van der Waals surface area contributed by atoms with Gasteiger partial charge in [-0.2, -0.15) is 5.10 Å². The van der Waals surface area contributed by atoms with Crippen LogP contribution in [0.4, 0.5) is 8.78 Å². The molecule has 0 fully saturated rings. The molecule has 0 spiro atoms. The summed E-state index contributed by atoms with van der Waals surface area (Å²) in [5, 5.41) is 14.8. The van der Waals surface area contributed by atoms with E-state index in [4.69, 9.17) is 0 Å². The first-order valence-electron chi connectivity index (χ1n) is 8.60. The van der Waals surface area contributed by atoms with Crippen LogP contribution >= 0.6 is 11.3 Å². The smallest absolute Gasteiger partial charge is 0.339 e. The lowest BCUT2D eigenvalue weighted by Crippen LogP contribution is -2.02. The summed E-state index contributed by atoms with van der Waals surface area (Å²) in [5.74, 6) is -2.20. The van der Waals surface area contributed by atoms with Crippen molar-refractivity contribution < 1.29 is 18.7 Å². The van der Waals surface area contributed by atoms with Gasteiger partial charge in [-0.25, -0.2) is 18.3 Å². The molecule has 0 amide bonds. The maximum Gasteiger partial charge on any atom is 0.339 e. The molecule has 4 aromatic rings. The van der Waals surface area contributed by atoms with Crippen LogP contribution in [0.25, 0.3) is 15.8 Å². The van der Waals surface area contributed by atoms with Crippen LogP contribution in [0, 0.1) is 25.5 Å². The molecule has 7 heteroatoms. The quantitative estimate of drug-likeness (QED) is 0.509. The van der Waals surface area contributed by atoms with Crippen molar-refractivity contribution >= 4 is 27.4 Å². The van der Waals surface area contributed by atoms with Crippen LogP contribution in [0.3, 0.4) is 0 Å². The minimum Gasteiger partial charge on any atom is -0.478 e. The fourth-order valence-electron chi connectivity index (χ4n) is 3.46. The minimum absolute atomic E-state index is 0.198. The normalized spacial score (nSPS) is 11.3. The third-order valence-electron chi connectivity index (χ3n) is 4.61. The molecule has 2 aromatic carbocycles. The van der Waals surface area contributed by atoms with Crippen LogP contribution < -0.4 is 0 Å². The van der Waals surface area contributed by atoms with Gasteiger partial charge in [0, 0.05) is 17.4 Å². The van der Waals surface area contributed by atoms with E-state index in [2.05, 4.69) is 5.10 Å². The van der Waals surface area contributed by atoms with Gasteiger partial charge in [0.15, 0.2) is 0 Å². The van der Waals surface area contributed by atoms with Gasteiger partial charge in [0.25, 0.3) is 0 Å². The Balaban J connectivity index is 1.80. The van der Waals surface area contributed by atoms with E-state index in [1.54, 1.807) is 18.5 Å². The van der Waals surface area contributed by atoms with Crippen molar-refractivity contribution in [3.05, 3.63) is 81.5 Å². The molecule has 0 atom stereocenters. The Kier molecular flexibility index (Phi) is 4.47. The van der Waals surface area contributed by atoms with Crippen molar-refractivity contribution in [2.45, 2.75) is 20.3 Å². The molecular formula is C21H16F2N2O2S. The van der Waals surface area contributed by atoms with Crippen molar-refractivity contribution in [3.8, 4) is 5.69 Å². The highest BCUT2D eigenvalue weighted by molar-refractivity contribution is 7.19. The van der Waals surface area contributed by atoms with Gasteiger partial charge in [0.1, 0.15) is 17.2 Å². The number of hydrogen-bond donors (Lipinski definition) is 1. The van der Waals surface area contributed by atoms with E-state index in [-0.39, 0.29) is 5.56 Å². The number of carboxylic acid groups (broad SMARTS) is 1. The Morgan fingerprint density at radius 2 is 1.86 bits per heavy atom. The fourth-order valence-corrected chi connectivity index (χ4v) is 4.65. The third-order valence-corrected chi connectivity index (χ3v) is 5.78. The van der Waals surface area contributed by atoms with Crippen molar-refractivity contribution in [1.82, 2.24) is 9.78 Å². The summed E-state index contributed by atoms with van der Waals surface area (Å²) in [7, 11) is 0. The van der Waals surface area contributed by atoms with Crippen LogP contribution in [0.1, 0.15) is 32.2 Å². The molecule has 0 aliphatic carbocycles. The summed E-state index contributed by atoms with van der Waals surface area (Å²) >= 11 is 1.50. The topological polar surface area (TPSA) is 55.1 Å². The van der Waals surface area contributed by atoms with Gasteiger partial charge in [-0.3, -0.25) is 0 Å². The van der Waals surface area contributed by atoms with Gasteiger partial charge < -0.3 is 5.11 Å². The number of fused-ring (bicyclic) bond motifs is 1. The molecule has 1 N–H and O–H groups in total. The highest BCUT2D eigenvalue weighted by atomic mass is 32.1. The Bertz CT molecular complexity index is 1210. The number of halogens is 2. The van der Waals surface area contributed by atoms with Crippen molar-refractivity contribution in [2.24, 2.45) is 0 Å². The monoisotopic (exact) mass is 398 g/mol. The average Bonchev–Trinajstić information content (AvgIpc) is 3.13. The van der Waals surface area contributed by atoms with E-state index < -0.39 is 17.6 Å². The number of thiophene rings is 1. The minimum atomic E-state index is -1.01. The van der Waals surface area contributed by atoms with Crippen molar-refractivity contribution in [3.63, 3.8) is 0 Å². The first-order valence-corrected chi connectivity index (χ1v) is 9.41. The number of aromatic carboxylic acids is 1. The number of carbonyl (C=O) groups is 1. The Labute approximate surface area is 163 Å². The SMILES string of the molecule is Cc1nn(-c2cccc3cc(Cc4cc(F)cc(F)c4)sc23)c(C)c1C(=O)O. The van der Waals surface area contributed by atoms with E-state index >= 15 is 0 Å². The first kappa shape index (κ1) is 18.3. The molecule has 0 unspecified atom stereocenters. The molecule has 28 heavy (non-hydrogen) atoms. The molecule has 4 nitrogen and oxygen atoms in total. The maximum absolute atomic E-state index is 13.5. The summed E-state index contributed by atoms with van der Waals surface area (Å²) in [6.07, 6.45) is 0.408. The number of aryl methyl sites for hydroxylation is 1. The number of benzene rings is 2. The first-order chi connectivity index (χ1) is 13.3. The molecular weight excluding hydrogens is 382 g/mol. The predicted octanol–water partition coefficient (Wildman–Crippen LogP) is 5.27. The average molecular weight is 398 g/mol. The molecule has 0 saturated carbocycles. The van der Waals surface area contributed by atoms with Gasteiger partial charge in [-0.05, 0) is 49.1 Å². The Hall–Kier alpha value is -3.06. The number of carboxylic acids is 1. The number of aromatic nitrogens is 2. The molecule has 0 aliphatic heterocycles. The molecule has 142 valence electrons. The van der Waals surface area contributed by atoms with Crippen LogP contribution in [-0.4, -0.2) is 20.9 Å². The van der Waals surface area contributed by atoms with Crippen molar-refractivity contribution in [1.29, 1.82) is 0 Å². The van der Waals surface area contributed by atoms with Gasteiger partial charge in [0.05, 0.1) is 21.8 Å². The molecule has 0 saturated heterocycles. The number of nitrogens with zero attached hydrogens (tertiary/aromatic N) is 2. The van der Waals surface area contributed by atoms with E-state index in [0.717, 1.165) is 26.7 Å². The molecule has 2 aromatic heterocycles. The lowest BCUT2D eigenvalue weighted by Gasteiger charge is -2.06. The van der Waals surface area contributed by atoms with Crippen LogP contribution in [0.5, 0.6) is 0 Å². The van der Waals surface area contributed by atoms with Crippen LogP contribution in [0.15, 0.2) is 42.5 Å². The fraction of sp³-hybridized carbons (Fsp3) is 0.143. The zero-order chi connectivity index (χ0) is 20.0. The zero-order valence-corrected chi connectivity index (χ0v) is 16.0. The molecule has 2 heterocycles. The Morgan fingerprint density at radius 3 is 2.50 bits per heavy atom. The summed E-state index contributed by atoms with van der Waals surface area (Å²) < 4.78 is 29.5. The third kappa shape index (κ3) is 3.18. The van der Waals surface area contributed by atoms with E-state index in [0.29, 0.717) is 23.4 Å². The predicted molar refractivity (Wildman–Crippen MR) is 105 cm³/mol. The summed E-state index contributed by atoms with van der Waals surface area (Å²) in [6, 6.07) is 11.2. The van der Waals surface area contributed by atoms with E-state index in [1.807, 2.05) is 24.3 Å². The highest BCUT2D eigenvalue weighted by Gasteiger charge is 2.20. The van der Waals surface area contributed by atoms with Gasteiger partial charge in [-0.1, -0.05) is 12.1 Å². The molecule has 0 aliphatic rings. The second kappa shape index (κ2) is 6.83. The maximum atomic E-state index is 13.5. The van der Waals surface area contributed by atoms with Crippen molar-refractivity contribution in [2.75, 3.05) is 0 Å². The van der Waals surface area contributed by atoms with Gasteiger partial charge in [0.2, 0.25) is 0 Å². The van der Waals surface area contributed by atoms with Gasteiger partial charge in [-0.15, -0.1) is 11.3 Å². The second-order valence-corrected chi connectivity index (χ2v) is 7.76. The number of rotatable bonds is 4. The standard InChI is InChI=1S/C21H16F2N2O2S/c1-11-19(21(26)27)12(2)25(24-11)18-5-3-4-14-9-17(28-20(14)18)8-13-6-15(22)10-16(23)7-13/h3-7,9-10H,8H2,1-2H3,(H,26,27). The molecule has 0 bridgehead atoms. The van der Waals surface area contributed by atoms with Gasteiger partial charge >= 0.3 is 5.97 Å². The lowest BCUT2D eigenvalue weighted by atomic mass is 10.1. The summed E-state index contributed by atoms with van der Waals surface area (Å²) in [5.41, 5.74) is 2.55. The Morgan fingerprint density at radius 1 is 1.14 bits per heavy atom. The molecule has 4 rings (SSSR count). The molecule has 0 radical (unpaired) electrons. The summed E-state index contributed by atoms with van der Waals surface area (Å²) in [6.45, 7) is 3.40. The lowest BCUT2D eigenvalue weighted by molar-refractivity contribution is 0.0695. The largest absolute Gasteiger partial charge is 0.478 e. The zero-order valence-electron chi connectivity index (χ0n) is 15.2. The van der Waals surface area contributed by atoms with E-state index in [1.165, 1.54) is 23.5 Å². The number of hydrogen-bond acceptors (Lipinski definition) is 3. The summed E-state index contributed by atoms with van der Waals surface area (Å²) in [4.78, 5) is 12.5.